The molecule has 8 heteroatoms. The number of carbonyl (C=O) groups excluding carboxylic acids is 1. The lowest BCUT2D eigenvalue weighted by atomic mass is 10.2. The molecule has 0 aliphatic carbocycles. The van der Waals surface area contributed by atoms with E-state index in [0.717, 1.165) is 72.0 Å². The SMILES string of the molecule is Cn1c(CCN2CCN(c3ccccn3)CC2)nc2cc(NC(=O)c3cccc(Br)c3)ccc21. The van der Waals surface area contributed by atoms with Gasteiger partial charge in [-0.2, -0.15) is 0 Å². The number of fused-ring (bicyclic) bond motifs is 1. The van der Waals surface area contributed by atoms with Crippen molar-refractivity contribution in [2.24, 2.45) is 7.05 Å². The van der Waals surface area contributed by atoms with Crippen LogP contribution in [0.3, 0.4) is 0 Å². The highest BCUT2D eigenvalue weighted by atomic mass is 79.9. The third-order valence-electron chi connectivity index (χ3n) is 6.32. The average Bonchev–Trinajstić information content (AvgIpc) is 3.18. The third-order valence-corrected chi connectivity index (χ3v) is 6.81. The number of benzene rings is 2. The molecule has 1 aliphatic heterocycles. The number of halogens is 1. The Kier molecular flexibility index (Phi) is 6.60. The summed E-state index contributed by atoms with van der Waals surface area (Å²) in [6.07, 6.45) is 2.74. The topological polar surface area (TPSA) is 66.3 Å². The zero-order chi connectivity index (χ0) is 23.5. The quantitative estimate of drug-likeness (QED) is 0.411. The number of rotatable bonds is 6. The van der Waals surface area contributed by atoms with Crippen LogP contribution in [0.15, 0.2) is 71.3 Å². The molecule has 34 heavy (non-hydrogen) atoms. The highest BCUT2D eigenvalue weighted by molar-refractivity contribution is 9.10. The normalized spacial score (nSPS) is 14.5. The van der Waals surface area contributed by atoms with Gasteiger partial charge < -0.3 is 14.8 Å². The molecule has 1 aliphatic rings. The fourth-order valence-corrected chi connectivity index (χ4v) is 4.78. The number of nitrogens with zero attached hydrogens (tertiary/aromatic N) is 5. The lowest BCUT2D eigenvalue weighted by molar-refractivity contribution is 0.102. The molecule has 174 valence electrons. The Morgan fingerprint density at radius 3 is 2.65 bits per heavy atom. The van der Waals surface area contributed by atoms with Crippen molar-refractivity contribution in [3.05, 3.63) is 82.7 Å². The molecule has 1 fully saturated rings. The van der Waals surface area contributed by atoms with Gasteiger partial charge >= 0.3 is 0 Å². The standard InChI is InChI=1S/C26H27BrN6O/c1-31-23-9-8-21(29-26(34)19-5-4-6-20(27)17-19)18-22(23)30-25(31)10-12-32-13-15-33(16-14-32)24-7-2-3-11-28-24/h2-9,11,17-18H,10,12-16H2,1H3,(H,29,34). The molecule has 7 nitrogen and oxygen atoms in total. The summed E-state index contributed by atoms with van der Waals surface area (Å²) in [5.41, 5.74) is 3.31. The molecule has 3 heterocycles. The number of anilines is 2. The molecule has 0 spiro atoms. The Bertz CT molecular complexity index is 1300. The van der Waals surface area contributed by atoms with Crippen LogP contribution < -0.4 is 10.2 Å². The summed E-state index contributed by atoms with van der Waals surface area (Å²) in [4.78, 5) is 26.8. The van der Waals surface area contributed by atoms with Gasteiger partial charge in [0.1, 0.15) is 11.6 Å². The third kappa shape index (κ3) is 4.98. The number of aryl methyl sites for hydroxylation is 1. The molecule has 1 saturated heterocycles. The number of hydrogen-bond donors (Lipinski definition) is 1. The van der Waals surface area contributed by atoms with Crippen LogP contribution in [0.2, 0.25) is 0 Å². The maximum Gasteiger partial charge on any atom is 0.255 e. The van der Waals surface area contributed by atoms with Crippen molar-refractivity contribution >= 4 is 44.4 Å². The van der Waals surface area contributed by atoms with E-state index in [4.69, 9.17) is 4.98 Å². The lowest BCUT2D eigenvalue weighted by Crippen LogP contribution is -2.47. The number of carbonyl (C=O) groups is 1. The number of nitrogens with one attached hydrogen (secondary N) is 1. The molecule has 1 amide bonds. The zero-order valence-corrected chi connectivity index (χ0v) is 20.7. The smallest absolute Gasteiger partial charge is 0.255 e. The van der Waals surface area contributed by atoms with Crippen LogP contribution in [0.4, 0.5) is 11.5 Å². The summed E-state index contributed by atoms with van der Waals surface area (Å²) >= 11 is 3.41. The first-order valence-corrected chi connectivity index (χ1v) is 12.3. The van der Waals surface area contributed by atoms with Gasteiger partial charge in [-0.3, -0.25) is 9.69 Å². The van der Waals surface area contributed by atoms with E-state index in [9.17, 15) is 4.79 Å². The largest absolute Gasteiger partial charge is 0.354 e. The molecule has 0 unspecified atom stereocenters. The van der Waals surface area contributed by atoms with Crippen molar-refractivity contribution in [1.29, 1.82) is 0 Å². The van der Waals surface area contributed by atoms with E-state index in [-0.39, 0.29) is 5.91 Å². The van der Waals surface area contributed by atoms with Crippen molar-refractivity contribution in [2.45, 2.75) is 6.42 Å². The number of amides is 1. The molecule has 0 saturated carbocycles. The average molecular weight is 519 g/mol. The van der Waals surface area contributed by atoms with E-state index < -0.39 is 0 Å². The van der Waals surface area contributed by atoms with Crippen LogP contribution in [0.1, 0.15) is 16.2 Å². The number of hydrogen-bond acceptors (Lipinski definition) is 5. The Hall–Kier alpha value is -3.23. The molecule has 2 aromatic heterocycles. The summed E-state index contributed by atoms with van der Waals surface area (Å²) in [6.45, 7) is 4.99. The van der Waals surface area contributed by atoms with E-state index in [0.29, 0.717) is 5.56 Å². The highest BCUT2D eigenvalue weighted by Crippen LogP contribution is 2.22. The minimum absolute atomic E-state index is 0.137. The van der Waals surface area contributed by atoms with Gasteiger partial charge in [-0.05, 0) is 48.5 Å². The van der Waals surface area contributed by atoms with Gasteiger partial charge in [0.05, 0.1) is 11.0 Å². The van der Waals surface area contributed by atoms with Crippen LogP contribution in [-0.2, 0) is 13.5 Å². The van der Waals surface area contributed by atoms with Crippen LogP contribution in [0, 0.1) is 0 Å². The van der Waals surface area contributed by atoms with Gasteiger partial charge in [-0.1, -0.05) is 28.1 Å². The molecule has 5 rings (SSSR count). The predicted molar refractivity (Wildman–Crippen MR) is 139 cm³/mol. The van der Waals surface area contributed by atoms with Crippen molar-refractivity contribution < 1.29 is 4.79 Å². The maximum atomic E-state index is 12.6. The first-order valence-electron chi connectivity index (χ1n) is 11.5. The van der Waals surface area contributed by atoms with Gasteiger partial charge in [0.25, 0.3) is 5.91 Å². The van der Waals surface area contributed by atoms with E-state index in [1.54, 1.807) is 6.07 Å². The first-order chi connectivity index (χ1) is 16.6. The van der Waals surface area contributed by atoms with Crippen molar-refractivity contribution in [2.75, 3.05) is 42.9 Å². The second-order valence-electron chi connectivity index (χ2n) is 8.52. The lowest BCUT2D eigenvalue weighted by Gasteiger charge is -2.35. The van der Waals surface area contributed by atoms with E-state index in [2.05, 4.69) is 53.7 Å². The van der Waals surface area contributed by atoms with E-state index >= 15 is 0 Å². The maximum absolute atomic E-state index is 12.6. The van der Waals surface area contributed by atoms with Gasteiger partial charge in [0.2, 0.25) is 0 Å². The Morgan fingerprint density at radius 1 is 1.03 bits per heavy atom. The molecule has 2 aromatic carbocycles. The summed E-state index contributed by atoms with van der Waals surface area (Å²) in [6, 6.07) is 19.3. The minimum atomic E-state index is -0.137. The van der Waals surface area contributed by atoms with Crippen LogP contribution in [-0.4, -0.2) is 58.1 Å². The summed E-state index contributed by atoms with van der Waals surface area (Å²) in [5, 5.41) is 2.98. The van der Waals surface area contributed by atoms with Gasteiger partial charge in [0.15, 0.2) is 0 Å². The number of imidazole rings is 1. The van der Waals surface area contributed by atoms with Gasteiger partial charge in [-0.25, -0.2) is 9.97 Å². The van der Waals surface area contributed by atoms with Gasteiger partial charge in [0, 0.05) is 68.1 Å². The Morgan fingerprint density at radius 2 is 1.88 bits per heavy atom. The van der Waals surface area contributed by atoms with Crippen LogP contribution in [0.5, 0.6) is 0 Å². The molecule has 0 atom stereocenters. The Labute approximate surface area is 207 Å². The molecule has 4 aromatic rings. The molecule has 0 radical (unpaired) electrons. The van der Waals surface area contributed by atoms with Crippen LogP contribution >= 0.6 is 15.9 Å². The summed E-state index contributed by atoms with van der Waals surface area (Å²) in [7, 11) is 2.06. The Balaban J connectivity index is 1.21. The summed E-state index contributed by atoms with van der Waals surface area (Å²) < 4.78 is 3.03. The van der Waals surface area contributed by atoms with Gasteiger partial charge in [-0.15, -0.1) is 0 Å². The van der Waals surface area contributed by atoms with Crippen molar-refractivity contribution in [3.8, 4) is 0 Å². The number of aromatic nitrogens is 3. The fourth-order valence-electron chi connectivity index (χ4n) is 4.38. The van der Waals surface area contributed by atoms with Crippen molar-refractivity contribution in [3.63, 3.8) is 0 Å². The van der Waals surface area contributed by atoms with E-state index in [1.807, 2.05) is 54.7 Å². The summed E-state index contributed by atoms with van der Waals surface area (Å²) in [5.74, 6) is 1.97. The molecular weight excluding hydrogens is 492 g/mol. The second kappa shape index (κ2) is 9.95. The molecule has 1 N–H and O–H groups in total. The monoisotopic (exact) mass is 518 g/mol. The first kappa shape index (κ1) is 22.6. The second-order valence-corrected chi connectivity index (χ2v) is 9.44. The number of piperazine rings is 1. The van der Waals surface area contributed by atoms with Crippen molar-refractivity contribution in [1.82, 2.24) is 19.4 Å². The highest BCUT2D eigenvalue weighted by Gasteiger charge is 2.18. The van der Waals surface area contributed by atoms with Crippen LogP contribution in [0.25, 0.3) is 11.0 Å². The fraction of sp³-hybridized carbons (Fsp3) is 0.269. The zero-order valence-electron chi connectivity index (χ0n) is 19.1. The predicted octanol–water partition coefficient (Wildman–Crippen LogP) is 4.35. The van der Waals surface area contributed by atoms with E-state index in [1.165, 1.54) is 0 Å². The number of pyridine rings is 1. The minimum Gasteiger partial charge on any atom is -0.354 e. The molecular formula is C26H27BrN6O. The molecule has 0 bridgehead atoms.